The number of amides is 2. The third-order valence-corrected chi connectivity index (χ3v) is 5.60. The zero-order valence-electron chi connectivity index (χ0n) is 20.2. The molecule has 5 nitrogen and oxygen atoms in total. The van der Waals surface area contributed by atoms with Crippen molar-refractivity contribution in [3.63, 3.8) is 0 Å². The van der Waals surface area contributed by atoms with Crippen molar-refractivity contribution in [3.8, 4) is 5.75 Å². The van der Waals surface area contributed by atoms with Gasteiger partial charge in [-0.3, -0.25) is 9.59 Å². The average molecular weight is 439 g/mol. The highest BCUT2D eigenvalue weighted by molar-refractivity contribution is 5.88. The van der Waals surface area contributed by atoms with Crippen molar-refractivity contribution < 1.29 is 14.3 Å². The Morgan fingerprint density at radius 1 is 1.00 bits per heavy atom. The Morgan fingerprint density at radius 3 is 2.22 bits per heavy atom. The lowest BCUT2D eigenvalue weighted by Gasteiger charge is -2.30. The Labute approximate surface area is 193 Å². The minimum absolute atomic E-state index is 0.106. The number of ether oxygens (including phenoxy) is 1. The van der Waals surface area contributed by atoms with E-state index in [1.54, 1.807) is 4.90 Å². The summed E-state index contributed by atoms with van der Waals surface area (Å²) in [6, 6.07) is 15.3. The van der Waals surface area contributed by atoms with E-state index in [1.807, 2.05) is 62.4 Å². The number of unbranched alkanes of at least 4 members (excludes halogenated alkanes) is 1. The highest BCUT2D eigenvalue weighted by Gasteiger charge is 2.28. The Balaban J connectivity index is 2.14. The maximum absolute atomic E-state index is 13.2. The molecular formula is C27H38N2O3. The fourth-order valence-corrected chi connectivity index (χ4v) is 3.49. The summed E-state index contributed by atoms with van der Waals surface area (Å²) in [5.74, 6) is 0.782. The molecule has 0 bridgehead atoms. The summed E-state index contributed by atoms with van der Waals surface area (Å²) in [5.41, 5.74) is 3.37. The van der Waals surface area contributed by atoms with Crippen molar-refractivity contribution in [2.24, 2.45) is 0 Å². The fraction of sp³-hybridized carbons (Fsp3) is 0.481. The van der Waals surface area contributed by atoms with E-state index >= 15 is 0 Å². The smallest absolute Gasteiger partial charge is 0.261 e. The van der Waals surface area contributed by atoms with Gasteiger partial charge in [-0.15, -0.1) is 0 Å². The van der Waals surface area contributed by atoms with Crippen LogP contribution in [0.1, 0.15) is 69.6 Å². The van der Waals surface area contributed by atoms with Gasteiger partial charge in [-0.25, -0.2) is 0 Å². The van der Waals surface area contributed by atoms with Gasteiger partial charge in [0.05, 0.1) is 0 Å². The summed E-state index contributed by atoms with van der Waals surface area (Å²) >= 11 is 0. The summed E-state index contributed by atoms with van der Waals surface area (Å²) in [6.45, 7) is 11.2. The molecule has 0 saturated carbocycles. The number of rotatable bonds is 12. The van der Waals surface area contributed by atoms with Crippen molar-refractivity contribution in [2.45, 2.75) is 72.4 Å². The van der Waals surface area contributed by atoms with Crippen LogP contribution in [0.25, 0.3) is 0 Å². The van der Waals surface area contributed by atoms with Gasteiger partial charge in [-0.05, 0) is 48.9 Å². The molecule has 0 aliphatic rings. The van der Waals surface area contributed by atoms with Gasteiger partial charge in [0, 0.05) is 13.1 Å². The zero-order chi connectivity index (χ0) is 23.5. The molecular weight excluding hydrogens is 400 g/mol. The molecule has 5 heteroatoms. The van der Waals surface area contributed by atoms with E-state index in [9.17, 15) is 9.59 Å². The topological polar surface area (TPSA) is 58.6 Å². The van der Waals surface area contributed by atoms with Crippen LogP contribution in [0.2, 0.25) is 0 Å². The minimum Gasteiger partial charge on any atom is -0.484 e. The molecule has 1 N–H and O–H groups in total. The first kappa shape index (κ1) is 25.4. The largest absolute Gasteiger partial charge is 0.484 e. The van der Waals surface area contributed by atoms with Gasteiger partial charge in [0.2, 0.25) is 5.91 Å². The van der Waals surface area contributed by atoms with Crippen LogP contribution in [0.4, 0.5) is 0 Å². The van der Waals surface area contributed by atoms with E-state index in [-0.39, 0.29) is 18.4 Å². The molecule has 0 unspecified atom stereocenters. The first-order valence-corrected chi connectivity index (χ1v) is 11.7. The highest BCUT2D eigenvalue weighted by Crippen LogP contribution is 2.19. The van der Waals surface area contributed by atoms with Gasteiger partial charge in [-0.2, -0.15) is 0 Å². The number of carbonyl (C=O) groups excluding carboxylic acids is 2. The highest BCUT2D eigenvalue weighted by atomic mass is 16.5. The molecule has 0 aliphatic carbocycles. The standard InChI is InChI=1S/C27H38N2O3/c1-6-8-17-28-27(31)25(7-2)29(18-22-11-9-21(5)10-12-22)26(30)19-32-24-15-13-23(14-16-24)20(3)4/h9-16,20,25H,6-8,17-19H2,1-5H3,(H,28,31)/t25-/m0/s1. The van der Waals surface area contributed by atoms with E-state index in [0.29, 0.717) is 31.2 Å². The van der Waals surface area contributed by atoms with Crippen LogP contribution in [0.3, 0.4) is 0 Å². The van der Waals surface area contributed by atoms with Crippen LogP contribution in [-0.2, 0) is 16.1 Å². The third kappa shape index (κ3) is 7.70. The molecule has 0 heterocycles. The number of hydrogen-bond acceptors (Lipinski definition) is 3. The molecule has 2 amide bonds. The van der Waals surface area contributed by atoms with Gasteiger partial charge < -0.3 is 15.0 Å². The van der Waals surface area contributed by atoms with E-state index in [2.05, 4.69) is 26.1 Å². The molecule has 2 aromatic carbocycles. The fourth-order valence-electron chi connectivity index (χ4n) is 3.49. The molecule has 0 fully saturated rings. The first-order chi connectivity index (χ1) is 15.3. The van der Waals surface area contributed by atoms with Crippen LogP contribution < -0.4 is 10.1 Å². The SMILES string of the molecule is CCCCNC(=O)[C@H](CC)N(Cc1ccc(C)cc1)C(=O)COc1ccc(C(C)C)cc1. The molecule has 2 aromatic rings. The molecule has 2 rings (SSSR count). The molecule has 0 aliphatic heterocycles. The van der Waals surface area contributed by atoms with Crippen LogP contribution in [0, 0.1) is 6.92 Å². The number of hydrogen-bond donors (Lipinski definition) is 1. The molecule has 174 valence electrons. The van der Waals surface area contributed by atoms with Crippen LogP contribution in [0.15, 0.2) is 48.5 Å². The maximum atomic E-state index is 13.2. The quantitative estimate of drug-likeness (QED) is 0.462. The van der Waals surface area contributed by atoms with Crippen LogP contribution in [-0.4, -0.2) is 35.9 Å². The van der Waals surface area contributed by atoms with Crippen molar-refractivity contribution in [1.29, 1.82) is 0 Å². The lowest BCUT2D eigenvalue weighted by Crippen LogP contribution is -2.50. The van der Waals surface area contributed by atoms with Crippen molar-refractivity contribution >= 4 is 11.8 Å². The van der Waals surface area contributed by atoms with E-state index < -0.39 is 6.04 Å². The summed E-state index contributed by atoms with van der Waals surface area (Å²) in [4.78, 5) is 27.7. The molecule has 0 aromatic heterocycles. The summed E-state index contributed by atoms with van der Waals surface area (Å²) in [6.07, 6.45) is 2.47. The Bertz CT molecular complexity index is 844. The first-order valence-electron chi connectivity index (χ1n) is 11.7. The van der Waals surface area contributed by atoms with Crippen molar-refractivity contribution in [2.75, 3.05) is 13.2 Å². The lowest BCUT2D eigenvalue weighted by molar-refractivity contribution is -0.143. The third-order valence-electron chi connectivity index (χ3n) is 5.60. The van der Waals surface area contributed by atoms with Crippen LogP contribution in [0.5, 0.6) is 5.75 Å². The van der Waals surface area contributed by atoms with E-state index in [0.717, 1.165) is 24.0 Å². The van der Waals surface area contributed by atoms with Gasteiger partial charge in [0.15, 0.2) is 6.61 Å². The molecule has 0 spiro atoms. The summed E-state index contributed by atoms with van der Waals surface area (Å²) in [7, 11) is 0. The number of nitrogens with one attached hydrogen (secondary N) is 1. The Hall–Kier alpha value is -2.82. The zero-order valence-corrected chi connectivity index (χ0v) is 20.2. The van der Waals surface area contributed by atoms with Gasteiger partial charge >= 0.3 is 0 Å². The Morgan fingerprint density at radius 2 is 1.66 bits per heavy atom. The molecule has 1 atom stereocenters. The normalized spacial score (nSPS) is 11.8. The molecule has 0 saturated heterocycles. The van der Waals surface area contributed by atoms with Gasteiger partial charge in [-0.1, -0.05) is 76.1 Å². The number of aryl methyl sites for hydroxylation is 1. The number of carbonyl (C=O) groups is 2. The maximum Gasteiger partial charge on any atom is 0.261 e. The van der Waals surface area contributed by atoms with Crippen LogP contribution >= 0.6 is 0 Å². The second-order valence-electron chi connectivity index (χ2n) is 8.59. The molecule has 0 radical (unpaired) electrons. The second kappa shape index (κ2) is 12.9. The monoisotopic (exact) mass is 438 g/mol. The summed E-state index contributed by atoms with van der Waals surface area (Å²) < 4.78 is 5.79. The average Bonchev–Trinajstić information content (AvgIpc) is 2.79. The second-order valence-corrected chi connectivity index (χ2v) is 8.59. The van der Waals surface area contributed by atoms with E-state index in [4.69, 9.17) is 4.74 Å². The molecule has 32 heavy (non-hydrogen) atoms. The lowest BCUT2D eigenvalue weighted by atomic mass is 10.0. The van der Waals surface area contributed by atoms with Gasteiger partial charge in [0.1, 0.15) is 11.8 Å². The predicted octanol–water partition coefficient (Wildman–Crippen LogP) is 5.22. The minimum atomic E-state index is -0.535. The summed E-state index contributed by atoms with van der Waals surface area (Å²) in [5, 5.41) is 2.98. The van der Waals surface area contributed by atoms with Gasteiger partial charge in [0.25, 0.3) is 5.91 Å². The number of benzene rings is 2. The van der Waals surface area contributed by atoms with Crippen molar-refractivity contribution in [1.82, 2.24) is 10.2 Å². The number of nitrogens with zero attached hydrogens (tertiary/aromatic N) is 1. The van der Waals surface area contributed by atoms with Crippen molar-refractivity contribution in [3.05, 3.63) is 65.2 Å². The van der Waals surface area contributed by atoms with E-state index in [1.165, 1.54) is 5.56 Å². The Kier molecular flexibility index (Phi) is 10.3. The predicted molar refractivity (Wildman–Crippen MR) is 130 cm³/mol.